The molecule has 150 valence electrons. The van der Waals surface area contributed by atoms with Gasteiger partial charge in [-0.25, -0.2) is 4.79 Å². The van der Waals surface area contributed by atoms with Crippen molar-refractivity contribution in [2.24, 2.45) is 0 Å². The smallest absolute Gasteiger partial charge is 0.328 e. The fourth-order valence-corrected chi connectivity index (χ4v) is 3.10. The van der Waals surface area contributed by atoms with Crippen LogP contribution in [0.15, 0.2) is 60.8 Å². The summed E-state index contributed by atoms with van der Waals surface area (Å²) in [4.78, 5) is 39.6. The Balaban J connectivity index is 1.56. The standard InChI is InChI=1S/C22H23N3O4/c1-29-22(28)19(13-16-14-24-18-10-6-5-9-17(16)18)25-20(26)11-12-23-21(27)15-7-3-2-4-8-15/h2-10,14,19,24H,11-13H2,1H3,(H,23,27)(H,25,26)/t19-/m1/s1. The summed E-state index contributed by atoms with van der Waals surface area (Å²) in [5, 5.41) is 6.39. The van der Waals surface area contributed by atoms with E-state index in [9.17, 15) is 14.4 Å². The molecule has 3 N–H and O–H groups in total. The largest absolute Gasteiger partial charge is 0.467 e. The Bertz CT molecular complexity index is 997. The molecule has 2 aromatic carbocycles. The van der Waals surface area contributed by atoms with Gasteiger partial charge in [0.2, 0.25) is 5.91 Å². The molecule has 1 aromatic heterocycles. The van der Waals surface area contributed by atoms with Gasteiger partial charge in [-0.2, -0.15) is 0 Å². The van der Waals surface area contributed by atoms with E-state index in [0.29, 0.717) is 12.0 Å². The maximum atomic E-state index is 12.3. The van der Waals surface area contributed by atoms with Crippen LogP contribution < -0.4 is 10.6 Å². The fraction of sp³-hybridized carbons (Fsp3) is 0.227. The van der Waals surface area contributed by atoms with E-state index in [4.69, 9.17) is 4.74 Å². The minimum atomic E-state index is -0.809. The number of esters is 1. The Hall–Kier alpha value is -3.61. The Morgan fingerprint density at radius 2 is 1.76 bits per heavy atom. The van der Waals surface area contributed by atoms with Gasteiger partial charge >= 0.3 is 5.97 Å². The summed E-state index contributed by atoms with van der Waals surface area (Å²) >= 11 is 0. The molecule has 0 aliphatic rings. The molecule has 0 aliphatic heterocycles. The van der Waals surface area contributed by atoms with Gasteiger partial charge in [0.1, 0.15) is 6.04 Å². The SMILES string of the molecule is COC(=O)[C@@H](Cc1c[nH]c2ccccc12)NC(=O)CCNC(=O)c1ccccc1. The third-order valence-electron chi connectivity index (χ3n) is 4.59. The number of hydrogen-bond donors (Lipinski definition) is 3. The van der Waals surface area contributed by atoms with Crippen molar-refractivity contribution in [2.75, 3.05) is 13.7 Å². The van der Waals surface area contributed by atoms with Gasteiger partial charge in [0.15, 0.2) is 0 Å². The first kappa shape index (κ1) is 20.1. The van der Waals surface area contributed by atoms with Crippen molar-refractivity contribution in [3.8, 4) is 0 Å². The highest BCUT2D eigenvalue weighted by atomic mass is 16.5. The maximum absolute atomic E-state index is 12.3. The summed E-state index contributed by atoms with van der Waals surface area (Å²) in [6.45, 7) is 0.167. The van der Waals surface area contributed by atoms with Crippen molar-refractivity contribution >= 4 is 28.7 Å². The van der Waals surface area contributed by atoms with Crippen LogP contribution in [0.4, 0.5) is 0 Å². The number of para-hydroxylation sites is 1. The number of amides is 2. The minimum absolute atomic E-state index is 0.0555. The van der Waals surface area contributed by atoms with Crippen LogP contribution >= 0.6 is 0 Å². The number of nitrogens with one attached hydrogen (secondary N) is 3. The summed E-state index contributed by atoms with van der Waals surface area (Å²) in [5.41, 5.74) is 2.40. The zero-order chi connectivity index (χ0) is 20.6. The maximum Gasteiger partial charge on any atom is 0.328 e. The van der Waals surface area contributed by atoms with Crippen LogP contribution in [0.25, 0.3) is 10.9 Å². The molecule has 0 saturated carbocycles. The third-order valence-corrected chi connectivity index (χ3v) is 4.59. The molecule has 7 heteroatoms. The average Bonchev–Trinajstić information content (AvgIpc) is 3.16. The molecule has 2 amide bonds. The number of aromatic amines is 1. The molecule has 7 nitrogen and oxygen atoms in total. The predicted octanol–water partition coefficient (Wildman–Crippen LogP) is 2.19. The zero-order valence-electron chi connectivity index (χ0n) is 16.1. The van der Waals surface area contributed by atoms with Crippen molar-refractivity contribution < 1.29 is 19.1 Å². The van der Waals surface area contributed by atoms with Crippen LogP contribution in [0.1, 0.15) is 22.3 Å². The number of hydrogen-bond acceptors (Lipinski definition) is 4. The number of H-pyrrole nitrogens is 1. The van der Waals surface area contributed by atoms with Gasteiger partial charge in [0.05, 0.1) is 7.11 Å². The van der Waals surface area contributed by atoms with Gasteiger partial charge in [-0.3, -0.25) is 9.59 Å². The van der Waals surface area contributed by atoms with E-state index in [2.05, 4.69) is 15.6 Å². The van der Waals surface area contributed by atoms with Crippen molar-refractivity contribution in [2.45, 2.75) is 18.9 Å². The van der Waals surface area contributed by atoms with E-state index in [0.717, 1.165) is 16.5 Å². The van der Waals surface area contributed by atoms with Gasteiger partial charge in [-0.05, 0) is 23.8 Å². The van der Waals surface area contributed by atoms with Crippen LogP contribution in [0.3, 0.4) is 0 Å². The summed E-state index contributed by atoms with van der Waals surface area (Å²) in [6, 6.07) is 15.7. The molecule has 0 saturated heterocycles. The van der Waals surface area contributed by atoms with Crippen LogP contribution in [0.5, 0.6) is 0 Å². The lowest BCUT2D eigenvalue weighted by atomic mass is 10.0. The summed E-state index contributed by atoms with van der Waals surface area (Å²) < 4.78 is 4.84. The Morgan fingerprint density at radius 1 is 1.03 bits per heavy atom. The minimum Gasteiger partial charge on any atom is -0.467 e. The quantitative estimate of drug-likeness (QED) is 0.511. The number of carbonyl (C=O) groups excluding carboxylic acids is 3. The second-order valence-electron chi connectivity index (χ2n) is 6.58. The lowest BCUT2D eigenvalue weighted by molar-refractivity contribution is -0.145. The van der Waals surface area contributed by atoms with Crippen LogP contribution in [-0.4, -0.2) is 42.5 Å². The highest BCUT2D eigenvalue weighted by molar-refractivity contribution is 5.94. The Kier molecular flexibility index (Phi) is 6.63. The number of carbonyl (C=O) groups is 3. The molecule has 29 heavy (non-hydrogen) atoms. The highest BCUT2D eigenvalue weighted by Crippen LogP contribution is 2.19. The number of benzene rings is 2. The van der Waals surface area contributed by atoms with Crippen LogP contribution in [0.2, 0.25) is 0 Å². The van der Waals surface area contributed by atoms with Crippen LogP contribution in [0, 0.1) is 0 Å². The first-order valence-corrected chi connectivity index (χ1v) is 9.34. The normalized spacial score (nSPS) is 11.6. The molecule has 1 heterocycles. The monoisotopic (exact) mass is 393 g/mol. The third kappa shape index (κ3) is 5.22. The average molecular weight is 393 g/mol. The second-order valence-corrected chi connectivity index (χ2v) is 6.58. The molecule has 3 rings (SSSR count). The number of fused-ring (bicyclic) bond motifs is 1. The van der Waals surface area contributed by atoms with Crippen molar-refractivity contribution in [3.05, 3.63) is 71.9 Å². The van der Waals surface area contributed by atoms with Crippen LogP contribution in [-0.2, 0) is 20.7 Å². The van der Waals surface area contributed by atoms with E-state index in [1.165, 1.54) is 7.11 Å². The molecule has 0 unspecified atom stereocenters. The first-order valence-electron chi connectivity index (χ1n) is 9.34. The molecule has 0 bridgehead atoms. The zero-order valence-corrected chi connectivity index (χ0v) is 16.1. The number of rotatable bonds is 8. The van der Waals surface area contributed by atoms with Gasteiger partial charge in [0, 0.05) is 42.0 Å². The van der Waals surface area contributed by atoms with E-state index < -0.39 is 12.0 Å². The van der Waals surface area contributed by atoms with Crippen molar-refractivity contribution in [3.63, 3.8) is 0 Å². The highest BCUT2D eigenvalue weighted by Gasteiger charge is 2.23. The molecule has 0 radical (unpaired) electrons. The first-order chi connectivity index (χ1) is 14.1. The predicted molar refractivity (Wildman–Crippen MR) is 109 cm³/mol. The van der Waals surface area contributed by atoms with E-state index in [-0.39, 0.29) is 24.8 Å². The fourth-order valence-electron chi connectivity index (χ4n) is 3.10. The van der Waals surface area contributed by atoms with Gasteiger partial charge in [0.25, 0.3) is 5.91 Å². The number of ether oxygens (including phenoxy) is 1. The number of methoxy groups -OCH3 is 1. The number of aromatic nitrogens is 1. The van der Waals surface area contributed by atoms with Crippen molar-refractivity contribution in [1.29, 1.82) is 0 Å². The van der Waals surface area contributed by atoms with Gasteiger partial charge < -0.3 is 20.4 Å². The van der Waals surface area contributed by atoms with E-state index in [1.807, 2.05) is 36.5 Å². The molecule has 1 atom stereocenters. The molecular weight excluding hydrogens is 370 g/mol. The molecular formula is C22H23N3O4. The summed E-state index contributed by atoms with van der Waals surface area (Å²) in [5.74, 6) is -1.10. The lowest BCUT2D eigenvalue weighted by Gasteiger charge is -2.16. The molecule has 3 aromatic rings. The van der Waals surface area contributed by atoms with Crippen molar-refractivity contribution in [1.82, 2.24) is 15.6 Å². The Morgan fingerprint density at radius 3 is 2.52 bits per heavy atom. The van der Waals surface area contributed by atoms with E-state index in [1.54, 1.807) is 24.3 Å². The lowest BCUT2D eigenvalue weighted by Crippen LogP contribution is -2.44. The molecule has 0 fully saturated rings. The Labute approximate surface area is 168 Å². The molecule has 0 spiro atoms. The second kappa shape index (κ2) is 9.54. The summed E-state index contributed by atoms with van der Waals surface area (Å²) in [6.07, 6.45) is 2.19. The van der Waals surface area contributed by atoms with Gasteiger partial charge in [-0.15, -0.1) is 0 Å². The molecule has 0 aliphatic carbocycles. The van der Waals surface area contributed by atoms with E-state index >= 15 is 0 Å². The van der Waals surface area contributed by atoms with Gasteiger partial charge in [-0.1, -0.05) is 36.4 Å². The topological polar surface area (TPSA) is 100 Å². The summed E-state index contributed by atoms with van der Waals surface area (Å²) in [7, 11) is 1.29.